The van der Waals surface area contributed by atoms with Crippen LogP contribution in [0.5, 0.6) is 0 Å². The average Bonchev–Trinajstić information content (AvgIpc) is 3.14. The van der Waals surface area contributed by atoms with E-state index in [4.69, 9.17) is 0 Å². The molecule has 0 unspecified atom stereocenters. The Balaban J connectivity index is 2.09. The Morgan fingerprint density at radius 3 is 2.00 bits per heavy atom. The molecule has 0 radical (unpaired) electrons. The molecule has 150 valence electrons. The molecule has 0 saturated heterocycles. The van der Waals surface area contributed by atoms with Crippen LogP contribution in [0.25, 0.3) is 11.1 Å². The fraction of sp³-hybridized carbons (Fsp3) is 0.100. The minimum atomic E-state index is -2.29. The van der Waals surface area contributed by atoms with Crippen LogP contribution in [0, 0.1) is 46.5 Å². The molecule has 0 saturated carbocycles. The summed E-state index contributed by atoms with van der Waals surface area (Å²) in [5.74, 6) is -16.8. The summed E-state index contributed by atoms with van der Waals surface area (Å²) in [7, 11) is 0. The van der Waals surface area contributed by atoms with Gasteiger partial charge in [-0.15, -0.1) is 0 Å². The van der Waals surface area contributed by atoms with Gasteiger partial charge in [0.15, 0.2) is 46.5 Å². The smallest absolute Gasteiger partial charge is 0.199 e. The van der Waals surface area contributed by atoms with Crippen molar-refractivity contribution in [3.63, 3.8) is 0 Å². The van der Waals surface area contributed by atoms with Crippen LogP contribution in [0.2, 0.25) is 0 Å². The van der Waals surface area contributed by atoms with E-state index in [2.05, 4.69) is 0 Å². The zero-order valence-corrected chi connectivity index (χ0v) is 14.3. The quantitative estimate of drug-likeness (QED) is 0.275. The SMILES string of the molecule is Fc1cc(-c2c(F)c(F)c(F)c(F)c2N2CCc3ccccc32)c(F)c(F)c1F. The Morgan fingerprint density at radius 2 is 1.28 bits per heavy atom. The van der Waals surface area contributed by atoms with Crippen molar-refractivity contribution in [2.45, 2.75) is 6.42 Å². The molecule has 1 nitrogen and oxygen atoms in total. The van der Waals surface area contributed by atoms with Crippen molar-refractivity contribution >= 4 is 11.4 Å². The van der Waals surface area contributed by atoms with Crippen LogP contribution in [0.15, 0.2) is 30.3 Å². The summed E-state index contributed by atoms with van der Waals surface area (Å²) < 4.78 is 112. The summed E-state index contributed by atoms with van der Waals surface area (Å²) in [6.07, 6.45) is 0.310. The highest BCUT2D eigenvalue weighted by molar-refractivity contribution is 5.85. The molecule has 0 fully saturated rings. The Labute approximate surface area is 158 Å². The zero-order chi connectivity index (χ0) is 21.0. The van der Waals surface area contributed by atoms with Gasteiger partial charge >= 0.3 is 0 Å². The lowest BCUT2D eigenvalue weighted by Gasteiger charge is -2.25. The number of hydrogen-bond acceptors (Lipinski definition) is 1. The molecule has 9 heteroatoms. The number of fused-ring (bicyclic) bond motifs is 1. The van der Waals surface area contributed by atoms with Gasteiger partial charge in [-0.25, -0.2) is 35.1 Å². The summed E-state index contributed by atoms with van der Waals surface area (Å²) >= 11 is 0. The number of anilines is 2. The second-order valence-electron chi connectivity index (χ2n) is 6.36. The molecule has 1 aliphatic heterocycles. The van der Waals surface area contributed by atoms with Gasteiger partial charge in [-0.2, -0.15) is 0 Å². The van der Waals surface area contributed by atoms with E-state index in [1.807, 2.05) is 0 Å². The van der Waals surface area contributed by atoms with E-state index in [0.29, 0.717) is 17.7 Å². The van der Waals surface area contributed by atoms with E-state index >= 15 is 0 Å². The van der Waals surface area contributed by atoms with Gasteiger partial charge in [0.25, 0.3) is 0 Å². The van der Waals surface area contributed by atoms with E-state index in [0.717, 1.165) is 4.90 Å². The van der Waals surface area contributed by atoms with Crippen LogP contribution in [-0.2, 0) is 6.42 Å². The van der Waals surface area contributed by atoms with Crippen molar-refractivity contribution in [1.29, 1.82) is 0 Å². The van der Waals surface area contributed by atoms with E-state index < -0.39 is 63.4 Å². The first-order valence-corrected chi connectivity index (χ1v) is 8.28. The normalized spacial score (nSPS) is 13.2. The molecular formula is C20H9F8N. The largest absolute Gasteiger partial charge is 0.338 e. The molecule has 1 aliphatic rings. The molecule has 0 amide bonds. The Hall–Kier alpha value is -3.10. The third-order valence-corrected chi connectivity index (χ3v) is 4.77. The third-order valence-electron chi connectivity index (χ3n) is 4.77. The van der Waals surface area contributed by atoms with Crippen LogP contribution in [0.1, 0.15) is 5.56 Å². The van der Waals surface area contributed by atoms with Crippen LogP contribution < -0.4 is 4.90 Å². The molecule has 3 aromatic carbocycles. The fourth-order valence-corrected chi connectivity index (χ4v) is 3.44. The van der Waals surface area contributed by atoms with Crippen molar-refractivity contribution in [2.24, 2.45) is 0 Å². The summed E-state index contributed by atoms with van der Waals surface area (Å²) in [6.45, 7) is -0.0262. The molecule has 0 bridgehead atoms. The molecule has 0 aromatic heterocycles. The summed E-state index contributed by atoms with van der Waals surface area (Å²) in [5, 5.41) is 0. The van der Waals surface area contributed by atoms with Crippen LogP contribution in [0.3, 0.4) is 0 Å². The molecule has 0 atom stereocenters. The lowest BCUT2D eigenvalue weighted by atomic mass is 9.99. The lowest BCUT2D eigenvalue weighted by Crippen LogP contribution is -2.19. The Kier molecular flexibility index (Phi) is 4.48. The van der Waals surface area contributed by atoms with E-state index in [1.54, 1.807) is 18.2 Å². The molecule has 3 aromatic rings. The Morgan fingerprint density at radius 1 is 0.655 bits per heavy atom. The molecule has 4 rings (SSSR count). The number of halogens is 8. The number of nitrogens with zero attached hydrogens (tertiary/aromatic N) is 1. The predicted octanol–water partition coefficient (Wildman–Crippen LogP) is 6.16. The van der Waals surface area contributed by atoms with Gasteiger partial charge < -0.3 is 4.90 Å². The van der Waals surface area contributed by atoms with E-state index in [9.17, 15) is 35.1 Å². The van der Waals surface area contributed by atoms with Crippen molar-refractivity contribution in [1.82, 2.24) is 0 Å². The van der Waals surface area contributed by atoms with Gasteiger partial charge in [-0.1, -0.05) is 18.2 Å². The highest BCUT2D eigenvalue weighted by Gasteiger charge is 2.35. The highest BCUT2D eigenvalue weighted by Crippen LogP contribution is 2.45. The van der Waals surface area contributed by atoms with Gasteiger partial charge in [0.2, 0.25) is 0 Å². The predicted molar refractivity (Wildman–Crippen MR) is 88.7 cm³/mol. The molecule has 0 N–H and O–H groups in total. The average molecular weight is 415 g/mol. The topological polar surface area (TPSA) is 3.24 Å². The third kappa shape index (κ3) is 2.75. The van der Waals surface area contributed by atoms with Crippen LogP contribution in [-0.4, -0.2) is 6.54 Å². The van der Waals surface area contributed by atoms with Gasteiger partial charge in [-0.05, 0) is 24.1 Å². The monoisotopic (exact) mass is 415 g/mol. The first kappa shape index (κ1) is 19.2. The minimum Gasteiger partial charge on any atom is -0.338 e. The summed E-state index contributed by atoms with van der Waals surface area (Å²) in [5.41, 5.74) is -2.54. The van der Waals surface area contributed by atoms with Crippen molar-refractivity contribution in [3.05, 3.63) is 82.4 Å². The maximum absolute atomic E-state index is 14.7. The summed E-state index contributed by atoms with van der Waals surface area (Å²) in [6, 6.07) is 6.40. The second kappa shape index (κ2) is 6.75. The fourth-order valence-electron chi connectivity index (χ4n) is 3.44. The van der Waals surface area contributed by atoms with Gasteiger partial charge in [0.05, 0.1) is 11.3 Å². The van der Waals surface area contributed by atoms with Gasteiger partial charge in [0.1, 0.15) is 0 Å². The van der Waals surface area contributed by atoms with Gasteiger partial charge in [-0.3, -0.25) is 0 Å². The first-order chi connectivity index (χ1) is 13.7. The Bertz CT molecular complexity index is 1160. The van der Waals surface area contributed by atoms with Crippen molar-refractivity contribution in [3.8, 4) is 11.1 Å². The maximum Gasteiger partial charge on any atom is 0.199 e. The maximum atomic E-state index is 14.7. The highest BCUT2D eigenvalue weighted by atomic mass is 19.2. The minimum absolute atomic E-state index is 0.0262. The van der Waals surface area contributed by atoms with Crippen LogP contribution in [0.4, 0.5) is 46.5 Å². The van der Waals surface area contributed by atoms with Crippen molar-refractivity contribution < 1.29 is 35.1 Å². The second-order valence-corrected chi connectivity index (χ2v) is 6.36. The first-order valence-electron chi connectivity index (χ1n) is 8.28. The number of para-hydroxylation sites is 1. The van der Waals surface area contributed by atoms with Crippen molar-refractivity contribution in [2.75, 3.05) is 11.4 Å². The summed E-state index contributed by atoms with van der Waals surface area (Å²) in [4.78, 5) is 1.05. The zero-order valence-electron chi connectivity index (χ0n) is 14.3. The van der Waals surface area contributed by atoms with Gasteiger partial charge in [0, 0.05) is 17.8 Å². The standard InChI is InChI=1S/C20H9F8N/c21-10-7-9(13(22)16(25)14(10)23)12-15(24)17(26)18(27)19(28)20(12)29-6-5-8-3-1-2-4-11(8)29/h1-4,7H,5-6H2. The number of benzene rings is 3. The molecule has 1 heterocycles. The molecular weight excluding hydrogens is 406 g/mol. The number of hydrogen-bond donors (Lipinski definition) is 0. The lowest BCUT2D eigenvalue weighted by molar-refractivity contribution is 0.405. The molecule has 29 heavy (non-hydrogen) atoms. The van der Waals surface area contributed by atoms with E-state index in [1.165, 1.54) is 6.07 Å². The molecule has 0 aliphatic carbocycles. The van der Waals surface area contributed by atoms with Crippen LogP contribution >= 0.6 is 0 Å². The van der Waals surface area contributed by atoms with E-state index in [-0.39, 0.29) is 12.6 Å². The molecule has 0 spiro atoms. The number of rotatable bonds is 2.